The van der Waals surface area contributed by atoms with E-state index in [4.69, 9.17) is 9.47 Å². The Bertz CT molecular complexity index is 1350. The number of nitrogens with one attached hydrogen (secondary N) is 2. The number of methoxy groups -OCH3 is 2. The second kappa shape index (κ2) is 9.68. The normalized spacial score (nSPS) is 11.7. The minimum atomic E-state index is -4.69. The second-order valence-corrected chi connectivity index (χ2v) is 9.24. The molecule has 2 amide bonds. The van der Waals surface area contributed by atoms with Crippen LogP contribution in [0.4, 0.5) is 23.9 Å². The second-order valence-electron chi connectivity index (χ2n) is 6.45. The van der Waals surface area contributed by atoms with E-state index < -0.39 is 39.9 Å². The smallest absolute Gasteiger partial charge is 0.417 e. The lowest BCUT2D eigenvalue weighted by molar-refractivity contribution is -0.138. The van der Waals surface area contributed by atoms with Crippen LogP contribution >= 0.6 is 11.3 Å². The van der Waals surface area contributed by atoms with Crippen molar-refractivity contribution in [3.8, 4) is 11.8 Å². The molecule has 3 rings (SSSR count). The summed E-state index contributed by atoms with van der Waals surface area (Å²) in [7, 11) is -1.85. The van der Waals surface area contributed by atoms with Gasteiger partial charge in [-0.1, -0.05) is 0 Å². The summed E-state index contributed by atoms with van der Waals surface area (Å²) in [5.74, 6) is -0.236. The average Bonchev–Trinajstić information content (AvgIpc) is 3.23. The molecule has 0 bridgehead atoms. The van der Waals surface area contributed by atoms with Gasteiger partial charge in [0.25, 0.3) is 15.6 Å². The van der Waals surface area contributed by atoms with E-state index in [1.807, 2.05) is 0 Å². The van der Waals surface area contributed by atoms with E-state index in [1.165, 1.54) is 31.7 Å². The highest BCUT2D eigenvalue weighted by atomic mass is 32.2. The predicted octanol–water partition coefficient (Wildman–Crippen LogP) is 2.29. The van der Waals surface area contributed by atoms with E-state index in [0.29, 0.717) is 23.6 Å². The summed E-state index contributed by atoms with van der Waals surface area (Å²) in [6.07, 6.45) is -4.10. The third-order valence-electron chi connectivity index (χ3n) is 4.15. The maximum Gasteiger partial charge on any atom is 0.417 e. The van der Waals surface area contributed by atoms with Crippen LogP contribution in [-0.2, 0) is 22.7 Å². The van der Waals surface area contributed by atoms with Gasteiger partial charge in [0.05, 0.1) is 32.4 Å². The van der Waals surface area contributed by atoms with Crippen LogP contribution in [0, 0.1) is 0 Å². The molecule has 0 saturated carbocycles. The van der Waals surface area contributed by atoms with Gasteiger partial charge in [-0.05, 0) is 17.5 Å². The minimum absolute atomic E-state index is 0.00558. The van der Waals surface area contributed by atoms with Gasteiger partial charge in [-0.2, -0.15) is 23.1 Å². The zero-order valence-corrected chi connectivity index (χ0v) is 19.0. The number of alkyl halides is 3. The van der Waals surface area contributed by atoms with Gasteiger partial charge in [-0.15, -0.1) is 11.3 Å². The number of sulfonamides is 1. The molecule has 16 heteroatoms. The summed E-state index contributed by atoms with van der Waals surface area (Å²) in [4.78, 5) is 31.9. The molecule has 0 fully saturated rings. The Balaban J connectivity index is 1.81. The zero-order chi connectivity index (χ0) is 25.1. The number of aromatic nitrogens is 3. The van der Waals surface area contributed by atoms with Crippen molar-refractivity contribution in [2.24, 2.45) is 0 Å². The molecule has 0 aliphatic heterocycles. The summed E-state index contributed by atoms with van der Waals surface area (Å²) < 4.78 is 76.4. The highest BCUT2D eigenvalue weighted by molar-refractivity contribution is 7.92. The highest BCUT2D eigenvalue weighted by Crippen LogP contribution is 2.29. The van der Waals surface area contributed by atoms with Crippen molar-refractivity contribution in [1.82, 2.24) is 19.3 Å². The Morgan fingerprint density at radius 2 is 1.79 bits per heavy atom. The van der Waals surface area contributed by atoms with Gasteiger partial charge >= 0.3 is 12.2 Å². The predicted molar refractivity (Wildman–Crippen MR) is 114 cm³/mol. The molecule has 11 nitrogen and oxygen atoms in total. The van der Waals surface area contributed by atoms with Gasteiger partial charge < -0.3 is 14.0 Å². The Morgan fingerprint density at radius 1 is 1.15 bits per heavy atom. The standard InChI is InChI=1S/C18H16F3N5O6S2/c1-31-12-7-13(32-2)23-16(22-12)24-17(28)25-34(29,30)15-10(5-6-33-15)8-26-9-11(18(19,20)21)3-4-14(26)27/h3-7,9H,8H2,1-2H3,(H2,22,23,24,25,28). The van der Waals surface area contributed by atoms with Crippen molar-refractivity contribution in [2.45, 2.75) is 16.9 Å². The minimum Gasteiger partial charge on any atom is -0.481 e. The molecular weight excluding hydrogens is 503 g/mol. The van der Waals surface area contributed by atoms with Crippen LogP contribution in [0.15, 0.2) is 44.8 Å². The zero-order valence-electron chi connectivity index (χ0n) is 17.4. The molecular formula is C18H16F3N5O6S2. The SMILES string of the molecule is COc1cc(OC)nc(NC(=O)NS(=O)(=O)c2sccc2Cn2cc(C(F)(F)F)ccc2=O)n1. The molecule has 34 heavy (non-hydrogen) atoms. The highest BCUT2D eigenvalue weighted by Gasteiger charge is 2.31. The number of carbonyl (C=O) groups excluding carboxylic acids is 1. The lowest BCUT2D eigenvalue weighted by Gasteiger charge is -2.12. The summed E-state index contributed by atoms with van der Waals surface area (Å²) in [5, 5.41) is 3.48. The molecule has 0 saturated heterocycles. The van der Waals surface area contributed by atoms with E-state index >= 15 is 0 Å². The number of urea groups is 1. The van der Waals surface area contributed by atoms with Gasteiger partial charge in [0.1, 0.15) is 4.21 Å². The fraction of sp³-hybridized carbons (Fsp3) is 0.222. The lowest BCUT2D eigenvalue weighted by atomic mass is 10.2. The summed E-state index contributed by atoms with van der Waals surface area (Å²) in [5.41, 5.74) is -1.83. The van der Waals surface area contributed by atoms with Crippen LogP contribution in [-0.4, -0.2) is 43.2 Å². The van der Waals surface area contributed by atoms with E-state index in [9.17, 15) is 31.2 Å². The monoisotopic (exact) mass is 519 g/mol. The van der Waals surface area contributed by atoms with E-state index in [2.05, 4.69) is 15.3 Å². The molecule has 0 aromatic carbocycles. The van der Waals surface area contributed by atoms with Crippen molar-refractivity contribution in [3.63, 3.8) is 0 Å². The molecule has 0 unspecified atom stereocenters. The first-order chi connectivity index (χ1) is 15.9. The quantitative estimate of drug-likeness (QED) is 0.484. The number of anilines is 1. The molecule has 3 aromatic heterocycles. The van der Waals surface area contributed by atoms with Gasteiger partial charge in [-0.25, -0.2) is 17.9 Å². The number of rotatable bonds is 7. The van der Waals surface area contributed by atoms with Crippen molar-refractivity contribution in [1.29, 1.82) is 0 Å². The number of amides is 2. The van der Waals surface area contributed by atoms with Crippen LogP contribution in [0.5, 0.6) is 11.8 Å². The van der Waals surface area contributed by atoms with Gasteiger partial charge in [0, 0.05) is 17.8 Å². The van der Waals surface area contributed by atoms with Crippen molar-refractivity contribution in [3.05, 3.63) is 57.3 Å². The van der Waals surface area contributed by atoms with Crippen LogP contribution in [0.2, 0.25) is 0 Å². The van der Waals surface area contributed by atoms with Crippen LogP contribution < -0.4 is 25.1 Å². The fourth-order valence-electron chi connectivity index (χ4n) is 2.65. The first-order valence-corrected chi connectivity index (χ1v) is 11.4. The van der Waals surface area contributed by atoms with Crippen LogP contribution in [0.3, 0.4) is 0 Å². The summed E-state index contributed by atoms with van der Waals surface area (Å²) >= 11 is 0.712. The third kappa shape index (κ3) is 5.82. The molecule has 0 spiro atoms. The fourth-order valence-corrected chi connectivity index (χ4v) is 4.95. The summed E-state index contributed by atoms with van der Waals surface area (Å²) in [6.45, 7) is -0.472. The molecule has 182 valence electrons. The Kier molecular flexibility index (Phi) is 7.11. The molecule has 0 atom stereocenters. The first kappa shape index (κ1) is 25.0. The number of carbonyl (C=O) groups is 1. The average molecular weight is 519 g/mol. The molecule has 0 aliphatic carbocycles. The maximum atomic E-state index is 13.0. The third-order valence-corrected chi connectivity index (χ3v) is 7.05. The topological polar surface area (TPSA) is 142 Å². The number of ether oxygens (including phenoxy) is 2. The Morgan fingerprint density at radius 3 is 2.38 bits per heavy atom. The first-order valence-electron chi connectivity index (χ1n) is 9.08. The van der Waals surface area contributed by atoms with Crippen LogP contribution in [0.25, 0.3) is 0 Å². The number of nitrogens with zero attached hydrogens (tertiary/aromatic N) is 3. The van der Waals surface area contributed by atoms with E-state index in [0.717, 1.165) is 10.6 Å². The Hall–Kier alpha value is -3.66. The maximum absolute atomic E-state index is 13.0. The van der Waals surface area contributed by atoms with E-state index in [1.54, 1.807) is 4.72 Å². The molecule has 0 radical (unpaired) electrons. The van der Waals surface area contributed by atoms with Gasteiger partial charge in [-0.3, -0.25) is 10.1 Å². The Labute approximate surface area is 194 Å². The largest absolute Gasteiger partial charge is 0.481 e. The van der Waals surface area contributed by atoms with Crippen molar-refractivity contribution >= 4 is 33.3 Å². The van der Waals surface area contributed by atoms with Gasteiger partial charge in [0.15, 0.2) is 0 Å². The van der Waals surface area contributed by atoms with Crippen molar-refractivity contribution in [2.75, 3.05) is 19.5 Å². The van der Waals surface area contributed by atoms with Crippen molar-refractivity contribution < 1.29 is 35.9 Å². The molecule has 0 aliphatic rings. The lowest BCUT2D eigenvalue weighted by Crippen LogP contribution is -2.35. The van der Waals surface area contributed by atoms with Crippen LogP contribution in [0.1, 0.15) is 11.1 Å². The summed E-state index contributed by atoms with van der Waals surface area (Å²) in [6, 6.07) is 2.79. The number of thiophene rings is 1. The number of hydrogen-bond acceptors (Lipinski definition) is 9. The number of pyridine rings is 1. The number of halogens is 3. The molecule has 2 N–H and O–H groups in total. The number of hydrogen-bond donors (Lipinski definition) is 2. The molecule has 3 heterocycles. The van der Waals surface area contributed by atoms with E-state index in [-0.39, 0.29) is 27.5 Å². The van der Waals surface area contributed by atoms with Gasteiger partial charge in [0.2, 0.25) is 17.7 Å². The molecule has 3 aromatic rings.